The van der Waals surface area contributed by atoms with Gasteiger partial charge in [0, 0.05) is 26.2 Å². The van der Waals surface area contributed by atoms with Gasteiger partial charge in [0.25, 0.3) is 0 Å². The van der Waals surface area contributed by atoms with Crippen LogP contribution in [0, 0.1) is 5.92 Å². The van der Waals surface area contributed by atoms with Gasteiger partial charge in [-0.1, -0.05) is 24.4 Å². The molecule has 0 aliphatic carbocycles. The van der Waals surface area contributed by atoms with Gasteiger partial charge in [-0.2, -0.15) is 4.31 Å². The number of likely N-dealkylation sites (tertiary alicyclic amines) is 1. The van der Waals surface area contributed by atoms with E-state index in [0.717, 1.165) is 45.2 Å². The SMILES string of the molecule is COc1ccc(S(=O)(=O)N2CCC[C@H](C(=O)N3CCCCCC3)C2)cc1Cl. The molecule has 150 valence electrons. The van der Waals surface area contributed by atoms with Crippen LogP contribution in [0.3, 0.4) is 0 Å². The summed E-state index contributed by atoms with van der Waals surface area (Å²) in [5.74, 6) is 0.272. The van der Waals surface area contributed by atoms with Crippen molar-refractivity contribution in [2.45, 2.75) is 43.4 Å². The molecule has 8 heteroatoms. The molecule has 0 spiro atoms. The average Bonchev–Trinajstić information content (AvgIpc) is 2.97. The molecular formula is C19H27ClN2O4S. The Hall–Kier alpha value is -1.31. The van der Waals surface area contributed by atoms with Crippen LogP contribution in [0.15, 0.2) is 23.1 Å². The van der Waals surface area contributed by atoms with Crippen molar-refractivity contribution < 1.29 is 17.9 Å². The van der Waals surface area contributed by atoms with Crippen molar-refractivity contribution in [1.29, 1.82) is 0 Å². The maximum absolute atomic E-state index is 13.0. The maximum atomic E-state index is 13.0. The molecule has 3 rings (SSSR count). The Kier molecular flexibility index (Phi) is 6.65. The van der Waals surface area contributed by atoms with Gasteiger partial charge in [-0.25, -0.2) is 8.42 Å². The zero-order chi connectivity index (χ0) is 19.4. The number of piperidine rings is 1. The molecule has 2 heterocycles. The number of carbonyl (C=O) groups excluding carboxylic acids is 1. The lowest BCUT2D eigenvalue weighted by Crippen LogP contribution is -2.46. The predicted octanol–water partition coefficient (Wildman–Crippen LogP) is 3.15. The number of methoxy groups -OCH3 is 1. The molecule has 2 saturated heterocycles. The second-order valence-corrected chi connectivity index (χ2v) is 9.58. The molecule has 27 heavy (non-hydrogen) atoms. The number of hydrogen-bond acceptors (Lipinski definition) is 4. The van der Waals surface area contributed by atoms with Crippen LogP contribution in [0.5, 0.6) is 5.75 Å². The fourth-order valence-electron chi connectivity index (χ4n) is 3.87. The summed E-state index contributed by atoms with van der Waals surface area (Å²) in [6.45, 7) is 2.24. The van der Waals surface area contributed by atoms with Gasteiger partial charge in [-0.05, 0) is 43.9 Å². The zero-order valence-electron chi connectivity index (χ0n) is 15.7. The second-order valence-electron chi connectivity index (χ2n) is 7.24. The molecule has 2 aliphatic rings. The van der Waals surface area contributed by atoms with Gasteiger partial charge < -0.3 is 9.64 Å². The molecule has 1 aromatic carbocycles. The van der Waals surface area contributed by atoms with Crippen LogP contribution in [0.25, 0.3) is 0 Å². The first-order valence-electron chi connectivity index (χ1n) is 9.56. The van der Waals surface area contributed by atoms with E-state index < -0.39 is 10.0 Å². The topological polar surface area (TPSA) is 66.9 Å². The van der Waals surface area contributed by atoms with Gasteiger partial charge in [-0.3, -0.25) is 4.79 Å². The average molecular weight is 415 g/mol. The highest BCUT2D eigenvalue weighted by atomic mass is 35.5. The Morgan fingerprint density at radius 2 is 1.81 bits per heavy atom. The van der Waals surface area contributed by atoms with Crippen LogP contribution < -0.4 is 4.74 Å². The number of benzene rings is 1. The number of carbonyl (C=O) groups is 1. The number of amides is 1. The Balaban J connectivity index is 1.74. The van der Waals surface area contributed by atoms with Crippen LogP contribution in [0.4, 0.5) is 0 Å². The van der Waals surface area contributed by atoms with Crippen LogP contribution in [-0.4, -0.2) is 56.8 Å². The van der Waals surface area contributed by atoms with Crippen LogP contribution in [-0.2, 0) is 14.8 Å². The lowest BCUT2D eigenvalue weighted by atomic mass is 9.98. The Morgan fingerprint density at radius 1 is 1.11 bits per heavy atom. The van der Waals surface area contributed by atoms with Crippen LogP contribution in [0.2, 0.25) is 5.02 Å². The van der Waals surface area contributed by atoms with E-state index in [1.54, 1.807) is 6.07 Å². The highest BCUT2D eigenvalue weighted by molar-refractivity contribution is 7.89. The van der Waals surface area contributed by atoms with E-state index in [1.807, 2.05) is 4.90 Å². The summed E-state index contributed by atoms with van der Waals surface area (Å²) in [6.07, 6.45) is 5.81. The van der Waals surface area contributed by atoms with Gasteiger partial charge in [0.1, 0.15) is 5.75 Å². The van der Waals surface area contributed by atoms with Gasteiger partial charge in [0.2, 0.25) is 15.9 Å². The van der Waals surface area contributed by atoms with E-state index in [0.29, 0.717) is 18.7 Å². The smallest absolute Gasteiger partial charge is 0.243 e. The van der Waals surface area contributed by atoms with Crippen molar-refractivity contribution in [3.63, 3.8) is 0 Å². The fraction of sp³-hybridized carbons (Fsp3) is 0.632. The third-order valence-corrected chi connectivity index (χ3v) is 7.57. The Morgan fingerprint density at radius 3 is 2.44 bits per heavy atom. The monoisotopic (exact) mass is 414 g/mol. The van der Waals surface area contributed by atoms with E-state index >= 15 is 0 Å². The standard InChI is InChI=1S/C19H27ClN2O4S/c1-26-18-9-8-16(13-17(18)20)27(24,25)22-12-6-7-15(14-22)19(23)21-10-4-2-3-5-11-21/h8-9,13,15H,2-7,10-12,14H2,1H3/t15-/m0/s1. The van der Waals surface area contributed by atoms with E-state index in [9.17, 15) is 13.2 Å². The number of nitrogens with zero attached hydrogens (tertiary/aromatic N) is 2. The lowest BCUT2D eigenvalue weighted by Gasteiger charge is -2.34. The zero-order valence-corrected chi connectivity index (χ0v) is 17.3. The number of sulfonamides is 1. The Labute approximate surface area is 166 Å². The minimum atomic E-state index is -3.69. The first-order chi connectivity index (χ1) is 12.9. The third-order valence-electron chi connectivity index (χ3n) is 5.41. The van der Waals surface area contributed by atoms with E-state index in [4.69, 9.17) is 16.3 Å². The van der Waals surface area contributed by atoms with E-state index in [2.05, 4.69) is 0 Å². The minimum absolute atomic E-state index is 0.101. The maximum Gasteiger partial charge on any atom is 0.243 e. The summed E-state index contributed by atoms with van der Waals surface area (Å²) in [4.78, 5) is 15.0. The molecule has 6 nitrogen and oxygen atoms in total. The second kappa shape index (κ2) is 8.80. The first-order valence-corrected chi connectivity index (χ1v) is 11.4. The number of rotatable bonds is 4. The summed E-state index contributed by atoms with van der Waals surface area (Å²) in [6, 6.07) is 4.47. The molecule has 1 aromatic rings. The van der Waals surface area contributed by atoms with Gasteiger partial charge in [0.05, 0.1) is 22.9 Å². The van der Waals surface area contributed by atoms with Crippen LogP contribution in [0.1, 0.15) is 38.5 Å². The summed E-state index contributed by atoms with van der Waals surface area (Å²) in [7, 11) is -2.21. The largest absolute Gasteiger partial charge is 0.495 e. The minimum Gasteiger partial charge on any atom is -0.495 e. The summed E-state index contributed by atoms with van der Waals surface area (Å²) in [5.41, 5.74) is 0. The fourth-order valence-corrected chi connectivity index (χ4v) is 5.74. The lowest BCUT2D eigenvalue weighted by molar-refractivity contribution is -0.136. The highest BCUT2D eigenvalue weighted by Crippen LogP contribution is 2.30. The van der Waals surface area contributed by atoms with Crippen molar-refractivity contribution in [2.24, 2.45) is 5.92 Å². The summed E-state index contributed by atoms with van der Waals surface area (Å²) in [5, 5.41) is 0.257. The summed E-state index contributed by atoms with van der Waals surface area (Å²) < 4.78 is 32.6. The summed E-state index contributed by atoms with van der Waals surface area (Å²) >= 11 is 6.10. The predicted molar refractivity (Wildman–Crippen MR) is 105 cm³/mol. The van der Waals surface area contributed by atoms with Crippen molar-refractivity contribution in [2.75, 3.05) is 33.3 Å². The molecule has 0 radical (unpaired) electrons. The van der Waals surface area contributed by atoms with Crippen molar-refractivity contribution in [3.05, 3.63) is 23.2 Å². The van der Waals surface area contributed by atoms with Gasteiger partial charge >= 0.3 is 0 Å². The molecule has 0 aromatic heterocycles. The highest BCUT2D eigenvalue weighted by Gasteiger charge is 2.35. The van der Waals surface area contributed by atoms with Crippen molar-refractivity contribution in [1.82, 2.24) is 9.21 Å². The first kappa shape index (κ1) is 20.4. The van der Waals surface area contributed by atoms with Crippen molar-refractivity contribution >= 4 is 27.5 Å². The van der Waals surface area contributed by atoms with E-state index in [-0.39, 0.29) is 28.3 Å². The quantitative estimate of drug-likeness (QED) is 0.759. The molecule has 0 N–H and O–H groups in total. The normalized spacial score (nSPS) is 22.3. The third kappa shape index (κ3) is 4.58. The van der Waals surface area contributed by atoms with Gasteiger partial charge in [0.15, 0.2) is 0 Å². The molecule has 2 aliphatic heterocycles. The molecule has 0 saturated carbocycles. The van der Waals surface area contributed by atoms with Crippen molar-refractivity contribution in [3.8, 4) is 5.75 Å². The van der Waals surface area contributed by atoms with Crippen LogP contribution >= 0.6 is 11.6 Å². The molecule has 0 bridgehead atoms. The molecule has 1 amide bonds. The van der Waals surface area contributed by atoms with E-state index in [1.165, 1.54) is 23.5 Å². The molecular weight excluding hydrogens is 388 g/mol. The van der Waals surface area contributed by atoms with Gasteiger partial charge in [-0.15, -0.1) is 0 Å². The number of halogens is 1. The Bertz CT molecular complexity index is 776. The molecule has 2 fully saturated rings. The molecule has 0 unspecified atom stereocenters. The number of ether oxygens (including phenoxy) is 1. The number of hydrogen-bond donors (Lipinski definition) is 0. The molecule has 1 atom stereocenters.